The number of hydrogen-bond acceptors (Lipinski definition) is 4. The van der Waals surface area contributed by atoms with Gasteiger partial charge in [0.2, 0.25) is 0 Å². The van der Waals surface area contributed by atoms with Crippen LogP contribution in [0.2, 0.25) is 0 Å². The predicted octanol–water partition coefficient (Wildman–Crippen LogP) is 1.44. The molecular weight excluding hydrogens is 206 g/mol. The van der Waals surface area contributed by atoms with Gasteiger partial charge in [-0.1, -0.05) is 0 Å². The van der Waals surface area contributed by atoms with Gasteiger partial charge in [-0.2, -0.15) is 0 Å². The third kappa shape index (κ3) is 4.49. The maximum Gasteiger partial charge on any atom is 0.307 e. The van der Waals surface area contributed by atoms with Crippen molar-refractivity contribution in [1.29, 1.82) is 0 Å². The molecule has 0 saturated heterocycles. The fourth-order valence-corrected chi connectivity index (χ4v) is 1.94. The zero-order valence-electron chi connectivity index (χ0n) is 10.6. The number of nitrogens with zero attached hydrogens (tertiary/aromatic N) is 1. The summed E-state index contributed by atoms with van der Waals surface area (Å²) in [5.41, 5.74) is 0. The summed E-state index contributed by atoms with van der Waals surface area (Å²) in [6.45, 7) is 6.02. The molecule has 1 aliphatic carbocycles. The molecule has 0 aromatic heterocycles. The lowest BCUT2D eigenvalue weighted by Gasteiger charge is -2.28. The third-order valence-electron chi connectivity index (χ3n) is 2.90. The van der Waals surface area contributed by atoms with Gasteiger partial charge >= 0.3 is 5.97 Å². The van der Waals surface area contributed by atoms with Gasteiger partial charge in [-0.15, -0.1) is 0 Å². The lowest BCUT2D eigenvalue weighted by molar-refractivity contribution is -0.144. The van der Waals surface area contributed by atoms with Crippen LogP contribution in [0.1, 0.15) is 33.1 Å². The molecule has 0 spiro atoms. The normalized spacial score (nSPS) is 17.5. The van der Waals surface area contributed by atoms with Gasteiger partial charge in [0.05, 0.1) is 19.6 Å². The monoisotopic (exact) mass is 229 g/mol. The first-order valence-electron chi connectivity index (χ1n) is 6.09. The lowest BCUT2D eigenvalue weighted by Crippen LogP contribution is -2.39. The van der Waals surface area contributed by atoms with E-state index in [1.54, 1.807) is 7.11 Å². The van der Waals surface area contributed by atoms with Crippen LogP contribution in [-0.2, 0) is 14.3 Å². The molecule has 1 rings (SSSR count). The van der Waals surface area contributed by atoms with E-state index in [0.29, 0.717) is 19.1 Å². The molecule has 1 unspecified atom stereocenters. The van der Waals surface area contributed by atoms with Gasteiger partial charge in [0.15, 0.2) is 0 Å². The standard InChI is InChI=1S/C12H23NO3/c1-4-16-12(14)9-10(2)13(7-8-15-3)11-5-6-11/h10-11H,4-9H2,1-3H3. The highest BCUT2D eigenvalue weighted by atomic mass is 16.5. The summed E-state index contributed by atoms with van der Waals surface area (Å²) in [7, 11) is 1.71. The number of carbonyl (C=O) groups excluding carboxylic acids is 1. The molecule has 94 valence electrons. The van der Waals surface area contributed by atoms with Gasteiger partial charge in [-0.25, -0.2) is 0 Å². The SMILES string of the molecule is CCOC(=O)CC(C)N(CCOC)C1CC1. The van der Waals surface area contributed by atoms with Gasteiger partial charge < -0.3 is 9.47 Å². The van der Waals surface area contributed by atoms with Crippen LogP contribution in [-0.4, -0.2) is 49.8 Å². The number of hydrogen-bond donors (Lipinski definition) is 0. The quantitative estimate of drug-likeness (QED) is 0.590. The molecule has 4 heteroatoms. The zero-order chi connectivity index (χ0) is 12.0. The van der Waals surface area contributed by atoms with Crippen molar-refractivity contribution in [3.8, 4) is 0 Å². The Morgan fingerprint density at radius 2 is 2.19 bits per heavy atom. The van der Waals surface area contributed by atoms with Crippen LogP contribution in [0.15, 0.2) is 0 Å². The fraction of sp³-hybridized carbons (Fsp3) is 0.917. The van der Waals surface area contributed by atoms with Crippen molar-refractivity contribution in [3.63, 3.8) is 0 Å². The largest absolute Gasteiger partial charge is 0.466 e. The first kappa shape index (κ1) is 13.5. The van der Waals surface area contributed by atoms with Crippen LogP contribution in [0.25, 0.3) is 0 Å². The van der Waals surface area contributed by atoms with Crippen molar-refractivity contribution >= 4 is 5.97 Å². The number of ether oxygens (including phenoxy) is 2. The Morgan fingerprint density at radius 3 is 2.69 bits per heavy atom. The van der Waals surface area contributed by atoms with Gasteiger partial charge in [-0.05, 0) is 26.7 Å². The maximum absolute atomic E-state index is 11.4. The van der Waals surface area contributed by atoms with Crippen LogP contribution in [0.5, 0.6) is 0 Å². The van der Waals surface area contributed by atoms with E-state index in [2.05, 4.69) is 11.8 Å². The molecular formula is C12H23NO3. The van der Waals surface area contributed by atoms with E-state index < -0.39 is 0 Å². The minimum Gasteiger partial charge on any atom is -0.466 e. The second-order valence-corrected chi connectivity index (χ2v) is 4.32. The fourth-order valence-electron chi connectivity index (χ4n) is 1.94. The smallest absolute Gasteiger partial charge is 0.307 e. The average Bonchev–Trinajstić information content (AvgIpc) is 3.02. The Bertz CT molecular complexity index is 216. The van der Waals surface area contributed by atoms with Crippen LogP contribution in [0.4, 0.5) is 0 Å². The van der Waals surface area contributed by atoms with Gasteiger partial charge in [0.25, 0.3) is 0 Å². The Balaban J connectivity index is 2.34. The second kappa shape index (κ2) is 6.86. The number of methoxy groups -OCH3 is 1. The Kier molecular flexibility index (Phi) is 5.77. The number of carbonyl (C=O) groups is 1. The summed E-state index contributed by atoms with van der Waals surface area (Å²) in [4.78, 5) is 13.8. The number of rotatable bonds is 8. The molecule has 0 N–H and O–H groups in total. The first-order valence-corrected chi connectivity index (χ1v) is 6.09. The molecule has 1 saturated carbocycles. The van der Waals surface area contributed by atoms with Crippen molar-refractivity contribution in [1.82, 2.24) is 4.90 Å². The van der Waals surface area contributed by atoms with Crippen molar-refractivity contribution in [2.75, 3.05) is 26.9 Å². The first-order chi connectivity index (χ1) is 7.69. The van der Waals surface area contributed by atoms with Crippen molar-refractivity contribution in [3.05, 3.63) is 0 Å². The predicted molar refractivity (Wildman–Crippen MR) is 62.3 cm³/mol. The maximum atomic E-state index is 11.4. The molecule has 1 fully saturated rings. The molecule has 1 aliphatic rings. The van der Waals surface area contributed by atoms with Crippen molar-refractivity contribution in [2.45, 2.75) is 45.2 Å². The Morgan fingerprint density at radius 1 is 1.50 bits per heavy atom. The molecule has 0 heterocycles. The van der Waals surface area contributed by atoms with Crippen molar-refractivity contribution < 1.29 is 14.3 Å². The molecule has 0 bridgehead atoms. The van der Waals surface area contributed by atoms with E-state index in [1.165, 1.54) is 12.8 Å². The van der Waals surface area contributed by atoms with E-state index in [4.69, 9.17) is 9.47 Å². The second-order valence-electron chi connectivity index (χ2n) is 4.32. The van der Waals surface area contributed by atoms with Crippen molar-refractivity contribution in [2.24, 2.45) is 0 Å². The van der Waals surface area contributed by atoms with E-state index in [0.717, 1.165) is 13.2 Å². The van der Waals surface area contributed by atoms with E-state index in [-0.39, 0.29) is 12.0 Å². The summed E-state index contributed by atoms with van der Waals surface area (Å²) < 4.78 is 10.1. The summed E-state index contributed by atoms with van der Waals surface area (Å²) in [6.07, 6.45) is 2.97. The average molecular weight is 229 g/mol. The summed E-state index contributed by atoms with van der Waals surface area (Å²) in [5, 5.41) is 0. The molecule has 16 heavy (non-hydrogen) atoms. The Labute approximate surface area is 97.9 Å². The zero-order valence-corrected chi connectivity index (χ0v) is 10.6. The Hall–Kier alpha value is -0.610. The van der Waals surface area contributed by atoms with Crippen LogP contribution < -0.4 is 0 Å². The highest BCUT2D eigenvalue weighted by Gasteiger charge is 2.32. The van der Waals surface area contributed by atoms with E-state index in [9.17, 15) is 4.79 Å². The summed E-state index contributed by atoms with van der Waals surface area (Å²) >= 11 is 0. The van der Waals surface area contributed by atoms with Crippen LogP contribution >= 0.6 is 0 Å². The molecule has 0 amide bonds. The summed E-state index contributed by atoms with van der Waals surface area (Å²) in [6, 6.07) is 0.904. The minimum absolute atomic E-state index is 0.0990. The third-order valence-corrected chi connectivity index (χ3v) is 2.90. The molecule has 0 aromatic rings. The molecule has 0 aromatic carbocycles. The highest BCUT2D eigenvalue weighted by molar-refractivity contribution is 5.70. The highest BCUT2D eigenvalue weighted by Crippen LogP contribution is 2.29. The minimum atomic E-state index is -0.0990. The van der Waals surface area contributed by atoms with E-state index in [1.807, 2.05) is 6.92 Å². The molecule has 0 radical (unpaired) electrons. The van der Waals surface area contributed by atoms with Gasteiger partial charge in [-0.3, -0.25) is 9.69 Å². The molecule has 4 nitrogen and oxygen atoms in total. The summed E-state index contributed by atoms with van der Waals surface area (Å²) in [5.74, 6) is -0.0990. The molecule has 0 aliphatic heterocycles. The number of esters is 1. The van der Waals surface area contributed by atoms with Gasteiger partial charge in [0, 0.05) is 25.7 Å². The lowest BCUT2D eigenvalue weighted by atomic mass is 10.2. The van der Waals surface area contributed by atoms with E-state index >= 15 is 0 Å². The van der Waals surface area contributed by atoms with Gasteiger partial charge in [0.1, 0.15) is 0 Å². The molecule has 1 atom stereocenters. The van der Waals surface area contributed by atoms with Crippen LogP contribution in [0, 0.1) is 0 Å². The topological polar surface area (TPSA) is 38.8 Å². The van der Waals surface area contributed by atoms with Crippen LogP contribution in [0.3, 0.4) is 0 Å².